The molecule has 2 aromatic rings. The number of fused-ring (bicyclic) bond motifs is 1. The highest BCUT2D eigenvalue weighted by molar-refractivity contribution is 6.34. The topological polar surface area (TPSA) is 29.3 Å². The highest BCUT2D eigenvalue weighted by Crippen LogP contribution is 2.40. The molecule has 0 radical (unpaired) electrons. The van der Waals surface area contributed by atoms with Crippen LogP contribution in [0.4, 0.5) is 17.1 Å². The largest absolute Gasteiger partial charge is 0.397 e. The van der Waals surface area contributed by atoms with Crippen LogP contribution < -0.4 is 10.6 Å². The second kappa shape index (κ2) is 4.54. The van der Waals surface area contributed by atoms with Crippen LogP contribution in [-0.2, 0) is 6.42 Å². The van der Waals surface area contributed by atoms with Crippen LogP contribution in [0.15, 0.2) is 42.5 Å². The summed E-state index contributed by atoms with van der Waals surface area (Å²) in [7, 11) is 0. The first-order valence-electron chi connectivity index (χ1n) is 6.17. The lowest BCUT2D eigenvalue weighted by atomic mass is 10.0. The normalized spacial score (nSPS) is 14.4. The Labute approximate surface area is 112 Å². The van der Waals surface area contributed by atoms with Gasteiger partial charge in [0.05, 0.1) is 16.4 Å². The minimum absolute atomic E-state index is 0.715. The maximum atomic E-state index is 6.31. The number of nitrogens with zero attached hydrogens (tertiary/aromatic N) is 1. The van der Waals surface area contributed by atoms with Gasteiger partial charge in [-0.15, -0.1) is 0 Å². The number of nitrogen functional groups attached to an aromatic ring is 1. The fourth-order valence-electron chi connectivity index (χ4n) is 2.58. The zero-order chi connectivity index (χ0) is 12.5. The zero-order valence-corrected chi connectivity index (χ0v) is 10.8. The molecule has 2 nitrogen and oxygen atoms in total. The van der Waals surface area contributed by atoms with E-state index in [1.54, 1.807) is 0 Å². The molecule has 0 unspecified atom stereocenters. The summed E-state index contributed by atoms with van der Waals surface area (Å²) in [5.41, 5.74) is 10.3. The van der Waals surface area contributed by atoms with Crippen LogP contribution in [0.2, 0.25) is 5.02 Å². The number of nitrogens with two attached hydrogens (primary N) is 1. The predicted molar refractivity (Wildman–Crippen MR) is 77.6 cm³/mol. The molecule has 0 fully saturated rings. The highest BCUT2D eigenvalue weighted by Gasteiger charge is 2.21. The lowest BCUT2D eigenvalue weighted by Gasteiger charge is -2.32. The number of benzene rings is 2. The molecule has 0 aromatic heterocycles. The number of aryl methyl sites for hydroxylation is 1. The Morgan fingerprint density at radius 2 is 1.89 bits per heavy atom. The van der Waals surface area contributed by atoms with Crippen molar-refractivity contribution in [2.75, 3.05) is 17.2 Å². The fraction of sp³-hybridized carbons (Fsp3) is 0.200. The molecule has 1 aliphatic rings. The minimum atomic E-state index is 0.715. The molecule has 0 spiro atoms. The van der Waals surface area contributed by atoms with Crippen LogP contribution in [0.3, 0.4) is 0 Å². The Morgan fingerprint density at radius 1 is 1.06 bits per heavy atom. The van der Waals surface area contributed by atoms with E-state index in [1.807, 2.05) is 18.2 Å². The van der Waals surface area contributed by atoms with Gasteiger partial charge in [0.1, 0.15) is 0 Å². The third-order valence-corrected chi connectivity index (χ3v) is 3.70. The first-order chi connectivity index (χ1) is 8.77. The molecule has 0 atom stereocenters. The molecule has 0 bridgehead atoms. The Hall–Kier alpha value is -1.67. The highest BCUT2D eigenvalue weighted by atomic mass is 35.5. The van der Waals surface area contributed by atoms with Crippen molar-refractivity contribution >= 4 is 28.7 Å². The molecule has 1 aliphatic heterocycles. The van der Waals surface area contributed by atoms with Gasteiger partial charge >= 0.3 is 0 Å². The summed E-state index contributed by atoms with van der Waals surface area (Å²) in [6.45, 7) is 0.963. The van der Waals surface area contributed by atoms with E-state index in [1.165, 1.54) is 11.3 Å². The molecule has 0 saturated carbocycles. The summed E-state index contributed by atoms with van der Waals surface area (Å²) in [5.74, 6) is 0. The Balaban J connectivity index is 2.14. The van der Waals surface area contributed by atoms with E-state index in [0.29, 0.717) is 5.02 Å². The van der Waals surface area contributed by atoms with Gasteiger partial charge in [0.15, 0.2) is 0 Å². The van der Waals surface area contributed by atoms with Gasteiger partial charge in [0.25, 0.3) is 0 Å². The van der Waals surface area contributed by atoms with E-state index in [2.05, 4.69) is 29.2 Å². The second-order valence-corrected chi connectivity index (χ2v) is 4.97. The third-order valence-electron chi connectivity index (χ3n) is 3.40. The maximum absolute atomic E-state index is 6.31. The second-order valence-electron chi connectivity index (χ2n) is 4.56. The van der Waals surface area contributed by atoms with Crippen molar-refractivity contribution in [3.05, 3.63) is 53.1 Å². The van der Waals surface area contributed by atoms with Crippen molar-refractivity contribution in [3.63, 3.8) is 0 Å². The van der Waals surface area contributed by atoms with Crippen LogP contribution in [0, 0.1) is 0 Å². The molecule has 2 aromatic carbocycles. The molecule has 0 aliphatic carbocycles. The Morgan fingerprint density at radius 3 is 2.72 bits per heavy atom. The van der Waals surface area contributed by atoms with E-state index >= 15 is 0 Å². The zero-order valence-electron chi connectivity index (χ0n) is 10.1. The van der Waals surface area contributed by atoms with Gasteiger partial charge in [-0.2, -0.15) is 0 Å². The summed E-state index contributed by atoms with van der Waals surface area (Å²) < 4.78 is 0. The van der Waals surface area contributed by atoms with E-state index in [0.717, 1.165) is 30.8 Å². The molecule has 0 amide bonds. The molecule has 3 heteroatoms. The third kappa shape index (κ3) is 1.83. The van der Waals surface area contributed by atoms with Crippen molar-refractivity contribution in [3.8, 4) is 0 Å². The summed E-state index contributed by atoms with van der Waals surface area (Å²) >= 11 is 6.31. The number of hydrogen-bond acceptors (Lipinski definition) is 2. The SMILES string of the molecule is Nc1cccc(Cl)c1N1CCCc2ccccc21. The van der Waals surface area contributed by atoms with Crippen molar-refractivity contribution in [1.29, 1.82) is 0 Å². The summed E-state index contributed by atoms with van der Waals surface area (Å²) in [5, 5.41) is 0.715. The lowest BCUT2D eigenvalue weighted by Crippen LogP contribution is -2.25. The van der Waals surface area contributed by atoms with Crippen LogP contribution in [-0.4, -0.2) is 6.54 Å². The summed E-state index contributed by atoms with van der Waals surface area (Å²) in [6.07, 6.45) is 2.25. The number of rotatable bonds is 1. The number of hydrogen-bond donors (Lipinski definition) is 1. The van der Waals surface area contributed by atoms with E-state index in [9.17, 15) is 0 Å². The predicted octanol–water partition coefficient (Wildman–Crippen LogP) is 4.01. The van der Waals surface area contributed by atoms with Gasteiger partial charge < -0.3 is 10.6 Å². The molecule has 0 saturated heterocycles. The van der Waals surface area contributed by atoms with Gasteiger partial charge in [-0.3, -0.25) is 0 Å². The van der Waals surface area contributed by atoms with Crippen molar-refractivity contribution in [1.82, 2.24) is 0 Å². The first kappa shape index (κ1) is 11.4. The standard InChI is InChI=1S/C15H15ClN2/c16-12-7-3-8-13(17)15(12)18-10-4-6-11-5-1-2-9-14(11)18/h1-3,5,7-9H,4,6,10,17H2. The smallest absolute Gasteiger partial charge is 0.0833 e. The van der Waals surface area contributed by atoms with Gasteiger partial charge in [0.2, 0.25) is 0 Å². The van der Waals surface area contributed by atoms with Gasteiger partial charge in [-0.25, -0.2) is 0 Å². The minimum Gasteiger partial charge on any atom is -0.397 e. The molecule has 18 heavy (non-hydrogen) atoms. The Kier molecular flexibility index (Phi) is 2.88. The van der Waals surface area contributed by atoms with E-state index < -0.39 is 0 Å². The number of para-hydroxylation sites is 2. The maximum Gasteiger partial charge on any atom is 0.0833 e. The van der Waals surface area contributed by atoms with Crippen molar-refractivity contribution in [2.45, 2.75) is 12.8 Å². The molecule has 92 valence electrons. The average Bonchev–Trinajstić information content (AvgIpc) is 2.39. The van der Waals surface area contributed by atoms with Crippen LogP contribution in [0.1, 0.15) is 12.0 Å². The van der Waals surface area contributed by atoms with Gasteiger partial charge in [-0.05, 0) is 36.6 Å². The molecule has 2 N–H and O–H groups in total. The van der Waals surface area contributed by atoms with Crippen molar-refractivity contribution in [2.24, 2.45) is 0 Å². The van der Waals surface area contributed by atoms with Gasteiger partial charge in [0, 0.05) is 12.2 Å². The summed E-state index contributed by atoms with van der Waals surface area (Å²) in [4.78, 5) is 2.23. The van der Waals surface area contributed by atoms with Crippen molar-refractivity contribution < 1.29 is 0 Å². The lowest BCUT2D eigenvalue weighted by molar-refractivity contribution is 0.767. The Bertz CT molecular complexity index is 560. The average molecular weight is 259 g/mol. The van der Waals surface area contributed by atoms with E-state index in [4.69, 9.17) is 17.3 Å². The van der Waals surface area contributed by atoms with Crippen LogP contribution in [0.25, 0.3) is 0 Å². The molecule has 3 rings (SSSR count). The first-order valence-corrected chi connectivity index (χ1v) is 6.54. The quantitative estimate of drug-likeness (QED) is 0.784. The van der Waals surface area contributed by atoms with Crippen LogP contribution in [0.5, 0.6) is 0 Å². The van der Waals surface area contributed by atoms with Gasteiger partial charge in [-0.1, -0.05) is 35.9 Å². The number of halogens is 1. The molecular weight excluding hydrogens is 244 g/mol. The van der Waals surface area contributed by atoms with Crippen LogP contribution >= 0.6 is 11.6 Å². The monoisotopic (exact) mass is 258 g/mol. The molecule has 1 heterocycles. The van der Waals surface area contributed by atoms with E-state index in [-0.39, 0.29) is 0 Å². The molecular formula is C15H15ClN2. The number of anilines is 3. The summed E-state index contributed by atoms with van der Waals surface area (Å²) in [6, 6.07) is 14.1. The fourth-order valence-corrected chi connectivity index (χ4v) is 2.87.